The highest BCUT2D eigenvalue weighted by molar-refractivity contribution is 5.48. The van der Waals surface area contributed by atoms with Crippen LogP contribution in [0.4, 0.5) is 18.9 Å². The van der Waals surface area contributed by atoms with E-state index in [1.165, 1.54) is 19.1 Å². The average molecular weight is 174 g/mol. The standard InChI is InChI=1S/C8H7F3N/c1-5-6(8(9,10)11)3-2-4-7(5)12/h2-4,12H,1H3. The van der Waals surface area contributed by atoms with Crippen LogP contribution < -0.4 is 5.73 Å². The molecule has 0 spiro atoms. The Labute approximate surface area is 68.0 Å². The molecule has 0 aliphatic rings. The minimum absolute atomic E-state index is 0.0231. The molecule has 0 saturated carbocycles. The maximum absolute atomic E-state index is 12.1. The van der Waals surface area contributed by atoms with Gasteiger partial charge in [0.15, 0.2) is 0 Å². The zero-order valence-corrected chi connectivity index (χ0v) is 6.37. The molecule has 0 amide bonds. The van der Waals surface area contributed by atoms with Crippen LogP contribution in [-0.2, 0) is 6.18 Å². The number of rotatable bonds is 0. The molecule has 0 bridgehead atoms. The Morgan fingerprint density at radius 1 is 1.25 bits per heavy atom. The lowest BCUT2D eigenvalue weighted by Crippen LogP contribution is -2.07. The Kier molecular flexibility index (Phi) is 2.00. The third kappa shape index (κ3) is 1.52. The normalized spacial score (nSPS) is 11.7. The Morgan fingerprint density at radius 3 is 2.25 bits per heavy atom. The molecule has 0 unspecified atom stereocenters. The van der Waals surface area contributed by atoms with Gasteiger partial charge < -0.3 is 5.73 Å². The molecule has 0 aliphatic carbocycles. The summed E-state index contributed by atoms with van der Waals surface area (Å²) in [4.78, 5) is 0. The molecule has 1 N–H and O–H groups in total. The predicted octanol–water partition coefficient (Wildman–Crippen LogP) is 2.93. The van der Waals surface area contributed by atoms with E-state index in [1.807, 2.05) is 0 Å². The van der Waals surface area contributed by atoms with Crippen LogP contribution in [0.5, 0.6) is 0 Å². The first-order valence-corrected chi connectivity index (χ1v) is 3.31. The van der Waals surface area contributed by atoms with Crippen molar-refractivity contribution in [3.63, 3.8) is 0 Å². The number of hydrogen-bond donors (Lipinski definition) is 0. The van der Waals surface area contributed by atoms with Gasteiger partial charge in [0.1, 0.15) is 0 Å². The highest BCUT2D eigenvalue weighted by atomic mass is 19.4. The third-order valence-corrected chi connectivity index (χ3v) is 1.64. The first-order chi connectivity index (χ1) is 5.43. The maximum Gasteiger partial charge on any atom is 0.416 e. The van der Waals surface area contributed by atoms with Gasteiger partial charge >= 0.3 is 6.18 Å². The zero-order valence-electron chi connectivity index (χ0n) is 6.37. The van der Waals surface area contributed by atoms with Crippen LogP contribution in [0.3, 0.4) is 0 Å². The van der Waals surface area contributed by atoms with E-state index in [4.69, 9.17) is 5.73 Å². The second-order valence-corrected chi connectivity index (χ2v) is 2.48. The summed E-state index contributed by atoms with van der Waals surface area (Å²) in [7, 11) is 0. The molecule has 12 heavy (non-hydrogen) atoms. The SMILES string of the molecule is Cc1c([NH])cccc1C(F)(F)F. The van der Waals surface area contributed by atoms with Crippen molar-refractivity contribution >= 4 is 5.69 Å². The lowest BCUT2D eigenvalue weighted by molar-refractivity contribution is -0.138. The molecule has 4 heteroatoms. The minimum atomic E-state index is -4.35. The largest absolute Gasteiger partial charge is 0.416 e. The molecular weight excluding hydrogens is 167 g/mol. The van der Waals surface area contributed by atoms with Crippen molar-refractivity contribution in [1.82, 2.24) is 5.73 Å². The van der Waals surface area contributed by atoms with Crippen molar-refractivity contribution in [3.8, 4) is 0 Å². The van der Waals surface area contributed by atoms with Gasteiger partial charge in [-0.05, 0) is 24.6 Å². The molecule has 0 atom stereocenters. The van der Waals surface area contributed by atoms with Crippen LogP contribution >= 0.6 is 0 Å². The second kappa shape index (κ2) is 2.69. The fourth-order valence-corrected chi connectivity index (χ4v) is 0.943. The number of nitrogens with one attached hydrogen (secondary N) is 1. The fraction of sp³-hybridized carbons (Fsp3) is 0.250. The molecular formula is C8H7F3N. The van der Waals surface area contributed by atoms with Crippen LogP contribution in [0.15, 0.2) is 18.2 Å². The zero-order chi connectivity index (χ0) is 9.35. The summed E-state index contributed by atoms with van der Waals surface area (Å²) in [6.07, 6.45) is -4.35. The summed E-state index contributed by atoms with van der Waals surface area (Å²) in [5.41, 5.74) is 6.31. The van der Waals surface area contributed by atoms with Crippen molar-refractivity contribution in [3.05, 3.63) is 29.3 Å². The quantitative estimate of drug-likeness (QED) is 0.577. The molecule has 1 aromatic rings. The van der Waals surface area contributed by atoms with Crippen LogP contribution in [0, 0.1) is 6.92 Å². The molecule has 1 radical (unpaired) electrons. The molecule has 0 saturated heterocycles. The summed E-state index contributed by atoms with van der Waals surface area (Å²) < 4.78 is 36.4. The van der Waals surface area contributed by atoms with Gasteiger partial charge in [0.2, 0.25) is 0 Å². The van der Waals surface area contributed by atoms with Gasteiger partial charge in [-0.2, -0.15) is 13.2 Å². The summed E-state index contributed by atoms with van der Waals surface area (Å²) >= 11 is 0. The van der Waals surface area contributed by atoms with Gasteiger partial charge in [0.25, 0.3) is 0 Å². The Balaban J connectivity index is 3.26. The van der Waals surface area contributed by atoms with Crippen molar-refractivity contribution in [2.24, 2.45) is 0 Å². The highest BCUT2D eigenvalue weighted by Gasteiger charge is 2.32. The van der Waals surface area contributed by atoms with Gasteiger partial charge in [-0.3, -0.25) is 0 Å². The molecule has 1 rings (SSSR count). The first-order valence-electron chi connectivity index (χ1n) is 3.31. The van der Waals surface area contributed by atoms with Crippen LogP contribution in [0.25, 0.3) is 0 Å². The Hall–Kier alpha value is -1.19. The lowest BCUT2D eigenvalue weighted by Gasteiger charge is -2.10. The van der Waals surface area contributed by atoms with E-state index < -0.39 is 11.7 Å². The van der Waals surface area contributed by atoms with Crippen molar-refractivity contribution in [2.75, 3.05) is 0 Å². The minimum Gasteiger partial charge on any atom is -0.301 e. The lowest BCUT2D eigenvalue weighted by atomic mass is 10.1. The van der Waals surface area contributed by atoms with Gasteiger partial charge in [-0.25, -0.2) is 0 Å². The van der Waals surface area contributed by atoms with Crippen LogP contribution in [0.2, 0.25) is 0 Å². The third-order valence-electron chi connectivity index (χ3n) is 1.64. The number of hydrogen-bond acceptors (Lipinski definition) is 0. The summed E-state index contributed by atoms with van der Waals surface area (Å²) in [6, 6.07) is 3.55. The second-order valence-electron chi connectivity index (χ2n) is 2.48. The van der Waals surface area contributed by atoms with Crippen molar-refractivity contribution < 1.29 is 13.2 Å². The van der Waals surface area contributed by atoms with E-state index in [0.29, 0.717) is 0 Å². The smallest absolute Gasteiger partial charge is 0.301 e. The first kappa shape index (κ1) is 8.90. The molecule has 65 valence electrons. The topological polar surface area (TPSA) is 23.8 Å². The number of halogens is 3. The van der Waals surface area contributed by atoms with E-state index in [9.17, 15) is 13.2 Å². The average Bonchev–Trinajstić information content (AvgIpc) is 1.92. The summed E-state index contributed by atoms with van der Waals surface area (Å²) in [5, 5.41) is 0. The molecule has 1 nitrogen and oxygen atoms in total. The highest BCUT2D eigenvalue weighted by Crippen LogP contribution is 2.33. The van der Waals surface area contributed by atoms with Crippen LogP contribution in [-0.4, -0.2) is 0 Å². The van der Waals surface area contributed by atoms with E-state index in [0.717, 1.165) is 6.07 Å². The molecule has 0 aromatic heterocycles. The number of benzene rings is 1. The summed E-state index contributed by atoms with van der Waals surface area (Å²) in [6.45, 7) is 1.30. The Morgan fingerprint density at radius 2 is 1.83 bits per heavy atom. The van der Waals surface area contributed by atoms with E-state index in [2.05, 4.69) is 0 Å². The van der Waals surface area contributed by atoms with Gasteiger partial charge in [0, 0.05) is 0 Å². The predicted molar refractivity (Wildman–Crippen MR) is 38.9 cm³/mol. The van der Waals surface area contributed by atoms with E-state index >= 15 is 0 Å². The molecule has 0 aliphatic heterocycles. The summed E-state index contributed by atoms with van der Waals surface area (Å²) in [5.74, 6) is 0. The maximum atomic E-state index is 12.1. The van der Waals surface area contributed by atoms with E-state index in [1.54, 1.807) is 0 Å². The van der Waals surface area contributed by atoms with Gasteiger partial charge in [0.05, 0.1) is 11.3 Å². The molecule has 1 aromatic carbocycles. The Bertz CT molecular complexity index is 291. The van der Waals surface area contributed by atoms with E-state index in [-0.39, 0.29) is 11.3 Å². The number of alkyl halides is 3. The fourth-order valence-electron chi connectivity index (χ4n) is 0.943. The van der Waals surface area contributed by atoms with Crippen molar-refractivity contribution in [2.45, 2.75) is 13.1 Å². The monoisotopic (exact) mass is 174 g/mol. The molecule has 0 fully saturated rings. The van der Waals surface area contributed by atoms with Gasteiger partial charge in [-0.1, -0.05) is 6.07 Å². The van der Waals surface area contributed by atoms with Crippen molar-refractivity contribution in [1.29, 1.82) is 0 Å². The molecule has 0 heterocycles. The van der Waals surface area contributed by atoms with Gasteiger partial charge in [-0.15, -0.1) is 0 Å². The van der Waals surface area contributed by atoms with Crippen LogP contribution in [0.1, 0.15) is 11.1 Å².